The molecule has 1 saturated heterocycles. The minimum atomic E-state index is -0.139. The summed E-state index contributed by atoms with van der Waals surface area (Å²) in [5.74, 6) is 0.162. The van der Waals surface area contributed by atoms with Gasteiger partial charge in [-0.25, -0.2) is 4.98 Å². The molecule has 118 valence electrons. The lowest BCUT2D eigenvalue weighted by Crippen LogP contribution is -2.38. The number of hydrogen-bond donors (Lipinski definition) is 2. The van der Waals surface area contributed by atoms with E-state index >= 15 is 0 Å². The number of carbonyl (C=O) groups is 1. The predicted octanol–water partition coefficient (Wildman–Crippen LogP) is 0.243. The zero-order valence-electron chi connectivity index (χ0n) is 12.6. The average molecular weight is 313 g/mol. The van der Waals surface area contributed by atoms with E-state index in [-0.39, 0.29) is 5.91 Å². The molecule has 0 bridgehead atoms. The van der Waals surface area contributed by atoms with E-state index in [9.17, 15) is 4.79 Å². The van der Waals surface area contributed by atoms with Gasteiger partial charge in [0.25, 0.3) is 5.91 Å². The highest BCUT2D eigenvalue weighted by molar-refractivity contribution is 7.18. The van der Waals surface area contributed by atoms with E-state index in [4.69, 9.17) is 10.5 Å². The number of carbonyl (C=O) groups excluding carboxylic acids is 1. The van der Waals surface area contributed by atoms with Gasteiger partial charge in [-0.2, -0.15) is 0 Å². The number of rotatable bonds is 6. The number of anilines is 2. The molecule has 1 aromatic rings. The van der Waals surface area contributed by atoms with Crippen LogP contribution in [0, 0.1) is 0 Å². The van der Waals surface area contributed by atoms with Crippen molar-refractivity contribution in [3.05, 3.63) is 4.88 Å². The zero-order chi connectivity index (χ0) is 15.2. The Balaban J connectivity index is 1.74. The Morgan fingerprint density at radius 3 is 2.81 bits per heavy atom. The van der Waals surface area contributed by atoms with Crippen LogP contribution in [0.25, 0.3) is 0 Å². The summed E-state index contributed by atoms with van der Waals surface area (Å²) in [5.41, 5.74) is 5.79. The predicted molar refractivity (Wildman–Crippen MR) is 85.1 cm³/mol. The van der Waals surface area contributed by atoms with Gasteiger partial charge in [-0.15, -0.1) is 0 Å². The molecule has 7 nitrogen and oxygen atoms in total. The fourth-order valence-corrected chi connectivity index (χ4v) is 2.91. The monoisotopic (exact) mass is 313 g/mol. The molecule has 0 radical (unpaired) electrons. The summed E-state index contributed by atoms with van der Waals surface area (Å²) in [6, 6.07) is 0. The Kier molecular flexibility index (Phi) is 5.77. The minimum absolute atomic E-state index is 0.139. The summed E-state index contributed by atoms with van der Waals surface area (Å²) < 4.78 is 5.30. The van der Waals surface area contributed by atoms with Gasteiger partial charge in [0.05, 0.1) is 13.2 Å². The van der Waals surface area contributed by atoms with Crippen molar-refractivity contribution in [1.82, 2.24) is 15.2 Å². The van der Waals surface area contributed by atoms with Crippen LogP contribution in [0.5, 0.6) is 0 Å². The number of thiazole rings is 1. The Morgan fingerprint density at radius 2 is 2.19 bits per heavy atom. The number of morpholine rings is 1. The third-order valence-electron chi connectivity index (χ3n) is 3.27. The van der Waals surface area contributed by atoms with Gasteiger partial charge in [-0.1, -0.05) is 11.3 Å². The molecule has 1 aliphatic heterocycles. The number of ether oxygens (including phenoxy) is 1. The van der Waals surface area contributed by atoms with Crippen LogP contribution in [0.15, 0.2) is 0 Å². The van der Waals surface area contributed by atoms with Crippen LogP contribution in [-0.2, 0) is 4.74 Å². The number of nitrogens with zero attached hydrogens (tertiary/aromatic N) is 3. The molecule has 0 aromatic carbocycles. The van der Waals surface area contributed by atoms with Gasteiger partial charge >= 0.3 is 0 Å². The SMILES string of the molecule is CN(C)c1nc(N)c(C(=O)NCCCN2CCOCC2)s1. The fraction of sp³-hybridized carbons (Fsp3) is 0.692. The van der Waals surface area contributed by atoms with Crippen LogP contribution >= 0.6 is 11.3 Å². The molecule has 21 heavy (non-hydrogen) atoms. The van der Waals surface area contributed by atoms with Gasteiger partial charge in [0.1, 0.15) is 10.7 Å². The average Bonchev–Trinajstić information content (AvgIpc) is 2.87. The summed E-state index contributed by atoms with van der Waals surface area (Å²) in [6.45, 7) is 5.17. The van der Waals surface area contributed by atoms with Crippen LogP contribution in [0.1, 0.15) is 16.1 Å². The molecule has 1 fully saturated rings. The Morgan fingerprint density at radius 1 is 1.48 bits per heavy atom. The highest BCUT2D eigenvalue weighted by Gasteiger charge is 2.17. The highest BCUT2D eigenvalue weighted by Crippen LogP contribution is 2.26. The third-order valence-corrected chi connectivity index (χ3v) is 4.51. The van der Waals surface area contributed by atoms with Gasteiger partial charge in [0.15, 0.2) is 5.13 Å². The van der Waals surface area contributed by atoms with Gasteiger partial charge in [-0.05, 0) is 13.0 Å². The topological polar surface area (TPSA) is 83.7 Å². The number of nitrogens with two attached hydrogens (primary N) is 1. The van der Waals surface area contributed by atoms with Crippen molar-refractivity contribution in [3.63, 3.8) is 0 Å². The van der Waals surface area contributed by atoms with Crippen LogP contribution in [0.3, 0.4) is 0 Å². The lowest BCUT2D eigenvalue weighted by molar-refractivity contribution is 0.0374. The summed E-state index contributed by atoms with van der Waals surface area (Å²) in [6.07, 6.45) is 0.922. The third kappa shape index (κ3) is 4.55. The summed E-state index contributed by atoms with van der Waals surface area (Å²) >= 11 is 1.31. The lowest BCUT2D eigenvalue weighted by atomic mass is 10.3. The largest absolute Gasteiger partial charge is 0.382 e. The van der Waals surface area contributed by atoms with Gasteiger partial charge in [-0.3, -0.25) is 9.69 Å². The summed E-state index contributed by atoms with van der Waals surface area (Å²) in [4.78, 5) is 20.9. The molecule has 1 aromatic heterocycles. The first-order valence-electron chi connectivity index (χ1n) is 7.10. The Labute approximate surface area is 129 Å². The van der Waals surface area contributed by atoms with E-state index < -0.39 is 0 Å². The molecule has 0 unspecified atom stereocenters. The van der Waals surface area contributed by atoms with Crippen molar-refractivity contribution in [1.29, 1.82) is 0 Å². The van der Waals surface area contributed by atoms with Crippen molar-refractivity contribution in [2.45, 2.75) is 6.42 Å². The van der Waals surface area contributed by atoms with Gasteiger partial charge in [0.2, 0.25) is 0 Å². The smallest absolute Gasteiger partial charge is 0.265 e. The van der Waals surface area contributed by atoms with E-state index in [1.165, 1.54) is 11.3 Å². The second kappa shape index (κ2) is 7.58. The van der Waals surface area contributed by atoms with Crippen LogP contribution in [-0.4, -0.2) is 69.3 Å². The first kappa shape index (κ1) is 16.0. The molecule has 8 heteroatoms. The molecule has 0 spiro atoms. The summed E-state index contributed by atoms with van der Waals surface area (Å²) in [7, 11) is 3.75. The second-order valence-corrected chi connectivity index (χ2v) is 6.15. The van der Waals surface area contributed by atoms with Crippen LogP contribution in [0.4, 0.5) is 10.9 Å². The molecular weight excluding hydrogens is 290 g/mol. The summed E-state index contributed by atoms with van der Waals surface area (Å²) in [5, 5.41) is 3.65. The maximum atomic E-state index is 12.1. The number of nitrogen functional groups attached to an aromatic ring is 1. The fourth-order valence-electron chi connectivity index (χ4n) is 2.08. The van der Waals surface area contributed by atoms with E-state index in [2.05, 4.69) is 15.2 Å². The molecule has 2 heterocycles. The first-order chi connectivity index (χ1) is 10.1. The number of hydrogen-bond acceptors (Lipinski definition) is 7. The number of nitrogens with one attached hydrogen (secondary N) is 1. The normalized spacial score (nSPS) is 15.9. The van der Waals surface area contributed by atoms with E-state index in [1.54, 1.807) is 0 Å². The maximum absolute atomic E-state index is 12.1. The Bertz CT molecular complexity index is 471. The molecule has 3 N–H and O–H groups in total. The Hall–Kier alpha value is -1.38. The minimum Gasteiger partial charge on any atom is -0.382 e. The van der Waals surface area contributed by atoms with E-state index in [0.29, 0.717) is 17.2 Å². The van der Waals surface area contributed by atoms with Crippen molar-refractivity contribution < 1.29 is 9.53 Å². The van der Waals surface area contributed by atoms with Gasteiger partial charge < -0.3 is 20.7 Å². The molecular formula is C13H23N5O2S. The second-order valence-electron chi connectivity index (χ2n) is 5.17. The zero-order valence-corrected chi connectivity index (χ0v) is 13.4. The molecule has 2 rings (SSSR count). The molecule has 0 aliphatic carbocycles. The molecule has 1 aliphatic rings. The lowest BCUT2D eigenvalue weighted by Gasteiger charge is -2.26. The number of amides is 1. The molecule has 0 atom stereocenters. The van der Waals surface area contributed by atoms with Crippen molar-refractivity contribution in [3.8, 4) is 0 Å². The first-order valence-corrected chi connectivity index (χ1v) is 7.91. The van der Waals surface area contributed by atoms with Crippen molar-refractivity contribution in [2.24, 2.45) is 0 Å². The molecule has 1 amide bonds. The quantitative estimate of drug-likeness (QED) is 0.732. The van der Waals surface area contributed by atoms with E-state index in [1.807, 2.05) is 19.0 Å². The standard InChI is InChI=1S/C13H23N5O2S/c1-17(2)13-16-11(14)10(21-13)12(19)15-4-3-5-18-6-8-20-9-7-18/h3-9,14H2,1-2H3,(H,15,19). The van der Waals surface area contributed by atoms with Gasteiger partial charge in [0, 0.05) is 33.7 Å². The molecule has 0 saturated carbocycles. The van der Waals surface area contributed by atoms with Crippen molar-refractivity contribution >= 4 is 28.2 Å². The maximum Gasteiger partial charge on any atom is 0.265 e. The van der Waals surface area contributed by atoms with Crippen LogP contribution in [0.2, 0.25) is 0 Å². The van der Waals surface area contributed by atoms with Crippen molar-refractivity contribution in [2.75, 3.05) is 64.1 Å². The van der Waals surface area contributed by atoms with E-state index in [0.717, 1.165) is 44.4 Å². The highest BCUT2D eigenvalue weighted by atomic mass is 32.1. The van der Waals surface area contributed by atoms with Crippen LogP contribution < -0.4 is 16.0 Å². The number of aromatic nitrogens is 1.